The molecule has 2 heterocycles. The predicted molar refractivity (Wildman–Crippen MR) is 81.7 cm³/mol. The van der Waals surface area contributed by atoms with Crippen LogP contribution in [0, 0.1) is 0 Å². The maximum absolute atomic E-state index is 12.5. The Labute approximate surface area is 126 Å². The topological polar surface area (TPSA) is 50.3 Å². The highest BCUT2D eigenvalue weighted by molar-refractivity contribution is 6.42. The molecule has 1 aliphatic heterocycles. The van der Waals surface area contributed by atoms with Gasteiger partial charge in [-0.2, -0.15) is 0 Å². The Bertz CT molecular complexity index is 769. The van der Waals surface area contributed by atoms with E-state index in [9.17, 15) is 9.59 Å². The summed E-state index contributed by atoms with van der Waals surface area (Å²) >= 11 is 5.97. The zero-order valence-electron chi connectivity index (χ0n) is 11.2. The molecule has 4 nitrogen and oxygen atoms in total. The Morgan fingerprint density at radius 2 is 1.95 bits per heavy atom. The molecule has 5 heteroatoms. The lowest BCUT2D eigenvalue weighted by Crippen LogP contribution is -2.31. The third-order valence-electron chi connectivity index (χ3n) is 3.26. The fourth-order valence-corrected chi connectivity index (χ4v) is 2.51. The maximum Gasteiger partial charge on any atom is 0.265 e. The summed E-state index contributed by atoms with van der Waals surface area (Å²) < 4.78 is 0. The molecule has 0 spiro atoms. The summed E-state index contributed by atoms with van der Waals surface area (Å²) in [5.74, 6) is -0.668. The Morgan fingerprint density at radius 3 is 2.62 bits per heavy atom. The van der Waals surface area contributed by atoms with Crippen LogP contribution in [0.25, 0.3) is 11.6 Å². The van der Waals surface area contributed by atoms with Crippen LogP contribution < -0.4 is 4.90 Å². The molecule has 1 aromatic heterocycles. The summed E-state index contributed by atoms with van der Waals surface area (Å²) in [7, 11) is 0. The van der Waals surface area contributed by atoms with Crippen molar-refractivity contribution in [3.8, 4) is 0 Å². The number of halogens is 1. The van der Waals surface area contributed by atoms with Gasteiger partial charge in [0.2, 0.25) is 5.91 Å². The molecule has 0 atom stereocenters. The molecular weight excluding hydrogens is 288 g/mol. The van der Waals surface area contributed by atoms with Gasteiger partial charge in [-0.25, -0.2) is 4.90 Å². The molecule has 1 aromatic carbocycles. The number of anilines is 1. The quantitative estimate of drug-likeness (QED) is 0.760. The first-order valence-corrected chi connectivity index (χ1v) is 6.72. The summed E-state index contributed by atoms with van der Waals surface area (Å²) in [5.41, 5.74) is 2.56. The van der Waals surface area contributed by atoms with Crippen LogP contribution in [0.2, 0.25) is 5.02 Å². The first kappa shape index (κ1) is 13.5. The number of hydrogen-bond donors (Lipinski definition) is 0. The predicted octanol–water partition coefficient (Wildman–Crippen LogP) is 3.17. The fourth-order valence-electron chi connectivity index (χ4n) is 2.34. The highest BCUT2D eigenvalue weighted by atomic mass is 35.5. The smallest absolute Gasteiger partial charge is 0.265 e. The van der Waals surface area contributed by atoms with E-state index in [4.69, 9.17) is 11.6 Å². The highest BCUT2D eigenvalue weighted by Crippen LogP contribution is 2.39. The van der Waals surface area contributed by atoms with E-state index in [1.807, 2.05) is 0 Å². The average molecular weight is 299 g/mol. The van der Waals surface area contributed by atoms with Crippen molar-refractivity contribution >= 4 is 40.8 Å². The van der Waals surface area contributed by atoms with Gasteiger partial charge < -0.3 is 0 Å². The Balaban J connectivity index is 2.18. The second-order valence-corrected chi connectivity index (χ2v) is 5.10. The van der Waals surface area contributed by atoms with Gasteiger partial charge >= 0.3 is 0 Å². The van der Waals surface area contributed by atoms with Crippen molar-refractivity contribution in [1.29, 1.82) is 0 Å². The minimum Gasteiger partial charge on any atom is -0.274 e. The largest absolute Gasteiger partial charge is 0.274 e. The number of carbonyl (C=O) groups excluding carboxylic acids is 2. The van der Waals surface area contributed by atoms with Gasteiger partial charge in [0.15, 0.2) is 0 Å². The van der Waals surface area contributed by atoms with Gasteiger partial charge in [-0.15, -0.1) is 0 Å². The maximum atomic E-state index is 12.5. The molecule has 0 saturated heterocycles. The molecule has 0 saturated carbocycles. The van der Waals surface area contributed by atoms with Crippen molar-refractivity contribution in [3.63, 3.8) is 0 Å². The van der Waals surface area contributed by atoms with Crippen molar-refractivity contribution in [3.05, 3.63) is 58.9 Å². The third kappa shape index (κ3) is 2.34. The molecule has 0 unspecified atom stereocenters. The summed E-state index contributed by atoms with van der Waals surface area (Å²) in [6.07, 6.45) is 5.05. The second-order valence-electron chi connectivity index (χ2n) is 4.66. The lowest BCUT2D eigenvalue weighted by atomic mass is 10.0. The van der Waals surface area contributed by atoms with Crippen molar-refractivity contribution in [2.45, 2.75) is 6.92 Å². The van der Waals surface area contributed by atoms with Gasteiger partial charge in [0.25, 0.3) is 5.91 Å². The molecule has 1 aliphatic rings. The molecular formula is C16H11ClN2O2. The minimum absolute atomic E-state index is 0.332. The van der Waals surface area contributed by atoms with Gasteiger partial charge in [0, 0.05) is 29.9 Å². The molecule has 0 N–H and O–H groups in total. The van der Waals surface area contributed by atoms with E-state index in [1.54, 1.807) is 48.8 Å². The highest BCUT2D eigenvalue weighted by Gasteiger charge is 2.35. The fraction of sp³-hybridized carbons (Fsp3) is 0.0625. The normalized spacial score (nSPS) is 15.4. The van der Waals surface area contributed by atoms with E-state index >= 15 is 0 Å². The number of rotatable bonds is 1. The van der Waals surface area contributed by atoms with E-state index in [1.165, 1.54) is 6.92 Å². The number of hydrogen-bond acceptors (Lipinski definition) is 3. The molecule has 104 valence electrons. The van der Waals surface area contributed by atoms with E-state index in [0.29, 0.717) is 21.8 Å². The van der Waals surface area contributed by atoms with Crippen LogP contribution in [-0.2, 0) is 9.59 Å². The molecule has 2 aromatic rings. The van der Waals surface area contributed by atoms with Gasteiger partial charge in [0.05, 0.1) is 11.3 Å². The number of carbonyl (C=O) groups is 2. The Hall–Kier alpha value is -2.46. The van der Waals surface area contributed by atoms with Gasteiger partial charge in [-0.3, -0.25) is 14.6 Å². The number of amides is 2. The standard InChI is InChI=1S/C16H11ClN2O2/c1-10(20)19-15-9-12(17)2-3-13(15)14(16(19)21)8-11-4-6-18-7-5-11/h2-9H,1H3/b14-8+. The zero-order valence-corrected chi connectivity index (χ0v) is 12.0. The second kappa shape index (κ2) is 5.14. The number of nitrogens with zero attached hydrogens (tertiary/aromatic N) is 2. The third-order valence-corrected chi connectivity index (χ3v) is 3.49. The van der Waals surface area contributed by atoms with Crippen LogP contribution in [0.1, 0.15) is 18.1 Å². The van der Waals surface area contributed by atoms with Gasteiger partial charge in [-0.05, 0) is 35.9 Å². The number of benzene rings is 1. The molecule has 0 fully saturated rings. The van der Waals surface area contributed by atoms with E-state index in [-0.39, 0.29) is 11.8 Å². The molecule has 3 rings (SSSR count). The van der Waals surface area contributed by atoms with Crippen molar-refractivity contribution in [1.82, 2.24) is 4.98 Å². The number of aromatic nitrogens is 1. The monoisotopic (exact) mass is 298 g/mol. The number of fused-ring (bicyclic) bond motifs is 1. The first-order valence-electron chi connectivity index (χ1n) is 6.34. The number of pyridine rings is 1. The minimum atomic E-state index is -0.337. The lowest BCUT2D eigenvalue weighted by Gasteiger charge is -2.11. The Kier molecular flexibility index (Phi) is 3.31. The molecule has 21 heavy (non-hydrogen) atoms. The molecule has 0 radical (unpaired) electrons. The summed E-state index contributed by atoms with van der Waals surface area (Å²) in [4.78, 5) is 29.3. The van der Waals surface area contributed by atoms with E-state index in [0.717, 1.165) is 10.5 Å². The zero-order chi connectivity index (χ0) is 15.0. The van der Waals surface area contributed by atoms with Crippen LogP contribution in [-0.4, -0.2) is 16.8 Å². The summed E-state index contributed by atoms with van der Waals surface area (Å²) in [5, 5.41) is 0.484. The van der Waals surface area contributed by atoms with Crippen molar-refractivity contribution in [2.75, 3.05) is 4.90 Å². The molecule has 0 bridgehead atoms. The lowest BCUT2D eigenvalue weighted by molar-refractivity contribution is -0.122. The van der Waals surface area contributed by atoms with Crippen molar-refractivity contribution < 1.29 is 9.59 Å². The first-order chi connectivity index (χ1) is 10.1. The summed E-state index contributed by atoms with van der Waals surface area (Å²) in [6.45, 7) is 1.36. The van der Waals surface area contributed by atoms with Crippen molar-refractivity contribution in [2.24, 2.45) is 0 Å². The van der Waals surface area contributed by atoms with Crippen LogP contribution in [0.3, 0.4) is 0 Å². The SMILES string of the molecule is CC(=O)N1C(=O)/C(=C/c2ccncc2)c2ccc(Cl)cc21. The molecule has 0 aliphatic carbocycles. The van der Waals surface area contributed by atoms with Crippen LogP contribution >= 0.6 is 11.6 Å². The Morgan fingerprint density at radius 1 is 1.24 bits per heavy atom. The van der Waals surface area contributed by atoms with Crippen LogP contribution in [0.4, 0.5) is 5.69 Å². The summed E-state index contributed by atoms with van der Waals surface area (Å²) in [6, 6.07) is 8.69. The molecule has 2 amide bonds. The van der Waals surface area contributed by atoms with Crippen LogP contribution in [0.15, 0.2) is 42.7 Å². The van der Waals surface area contributed by atoms with Crippen LogP contribution in [0.5, 0.6) is 0 Å². The van der Waals surface area contributed by atoms with E-state index < -0.39 is 0 Å². The van der Waals surface area contributed by atoms with Gasteiger partial charge in [-0.1, -0.05) is 17.7 Å². The van der Waals surface area contributed by atoms with Gasteiger partial charge in [0.1, 0.15) is 0 Å². The average Bonchev–Trinajstić information content (AvgIpc) is 2.72. The van der Waals surface area contributed by atoms with E-state index in [2.05, 4.69) is 4.98 Å². The number of imide groups is 1.